The number of likely N-dealkylation sites (tertiary alicyclic amines) is 1. The molecule has 1 atom stereocenters. The molecule has 0 spiro atoms. The summed E-state index contributed by atoms with van der Waals surface area (Å²) in [5, 5.41) is 0. The Labute approximate surface area is 167 Å². The van der Waals surface area contributed by atoms with Gasteiger partial charge in [0.2, 0.25) is 0 Å². The summed E-state index contributed by atoms with van der Waals surface area (Å²) in [6.45, 7) is 3.21. The molecule has 5 rings (SSSR count). The number of nitrogens with one attached hydrogen (secondary N) is 1. The Bertz CT molecular complexity index is 1290. The number of para-hydroxylation sites is 1. The molecule has 1 aromatic carbocycles. The largest absolute Gasteiger partial charge is 0.342 e. The minimum atomic E-state index is -0.331. The van der Waals surface area contributed by atoms with E-state index in [1.165, 1.54) is 10.6 Å². The maximum absolute atomic E-state index is 13.1. The highest BCUT2D eigenvalue weighted by Gasteiger charge is 2.29. The second-order valence-electron chi connectivity index (χ2n) is 7.59. The molecule has 146 valence electrons. The van der Waals surface area contributed by atoms with Crippen LogP contribution < -0.4 is 5.56 Å². The van der Waals surface area contributed by atoms with Gasteiger partial charge < -0.3 is 9.88 Å². The molecule has 29 heavy (non-hydrogen) atoms. The number of imidazole rings is 1. The Hall–Kier alpha value is -3.48. The topological polar surface area (TPSA) is 83.4 Å². The van der Waals surface area contributed by atoms with E-state index in [0.717, 1.165) is 35.3 Å². The van der Waals surface area contributed by atoms with Crippen LogP contribution in [0.2, 0.25) is 0 Å². The van der Waals surface area contributed by atoms with E-state index in [0.29, 0.717) is 18.7 Å². The van der Waals surface area contributed by atoms with Crippen LogP contribution in [0.15, 0.2) is 53.6 Å². The van der Waals surface area contributed by atoms with Crippen LogP contribution in [0.4, 0.5) is 0 Å². The number of fused-ring (bicyclic) bond motifs is 2. The molecule has 7 nitrogen and oxygen atoms in total. The first kappa shape index (κ1) is 17.6. The van der Waals surface area contributed by atoms with E-state index in [9.17, 15) is 9.59 Å². The molecule has 1 amide bonds. The van der Waals surface area contributed by atoms with E-state index in [1.807, 2.05) is 31.2 Å². The van der Waals surface area contributed by atoms with Gasteiger partial charge in [0.05, 0.1) is 11.0 Å². The van der Waals surface area contributed by atoms with Crippen molar-refractivity contribution in [2.24, 2.45) is 0 Å². The molecule has 7 heteroatoms. The number of aromatic nitrogens is 4. The summed E-state index contributed by atoms with van der Waals surface area (Å²) in [6, 6.07) is 11.4. The zero-order valence-electron chi connectivity index (χ0n) is 16.1. The van der Waals surface area contributed by atoms with Gasteiger partial charge in [0.1, 0.15) is 17.0 Å². The van der Waals surface area contributed by atoms with Crippen LogP contribution >= 0.6 is 0 Å². The number of nitrogens with zero attached hydrogens (tertiary/aromatic N) is 4. The lowest BCUT2D eigenvalue weighted by Gasteiger charge is -2.31. The van der Waals surface area contributed by atoms with Crippen LogP contribution in [-0.2, 0) is 0 Å². The summed E-state index contributed by atoms with van der Waals surface area (Å²) in [4.78, 5) is 40.1. The molecular weight excluding hydrogens is 366 g/mol. The highest BCUT2D eigenvalue weighted by Crippen LogP contribution is 2.28. The summed E-state index contributed by atoms with van der Waals surface area (Å²) in [5.74, 6) is 0.758. The predicted molar refractivity (Wildman–Crippen MR) is 110 cm³/mol. The zero-order chi connectivity index (χ0) is 20.0. The second kappa shape index (κ2) is 6.84. The van der Waals surface area contributed by atoms with E-state index >= 15 is 0 Å². The van der Waals surface area contributed by atoms with Gasteiger partial charge in [-0.3, -0.25) is 14.0 Å². The third kappa shape index (κ3) is 2.99. The summed E-state index contributed by atoms with van der Waals surface area (Å²) < 4.78 is 1.41. The fourth-order valence-corrected chi connectivity index (χ4v) is 4.12. The first-order valence-corrected chi connectivity index (χ1v) is 9.83. The number of hydrogen-bond donors (Lipinski definition) is 1. The van der Waals surface area contributed by atoms with Gasteiger partial charge in [0.25, 0.3) is 11.5 Å². The predicted octanol–water partition coefficient (Wildman–Crippen LogP) is 2.90. The lowest BCUT2D eigenvalue weighted by Crippen LogP contribution is -2.41. The van der Waals surface area contributed by atoms with Gasteiger partial charge in [-0.1, -0.05) is 18.2 Å². The average Bonchev–Trinajstić information content (AvgIpc) is 3.20. The maximum Gasteiger partial charge on any atom is 0.270 e. The van der Waals surface area contributed by atoms with Crippen LogP contribution in [-0.4, -0.2) is 43.2 Å². The van der Waals surface area contributed by atoms with E-state index < -0.39 is 0 Å². The molecule has 4 aromatic rings. The molecule has 1 fully saturated rings. The number of carbonyl (C=O) groups is 1. The maximum atomic E-state index is 13.1. The summed E-state index contributed by atoms with van der Waals surface area (Å²) >= 11 is 0. The molecular formula is C22H21N5O2. The Balaban J connectivity index is 1.44. The van der Waals surface area contributed by atoms with E-state index in [1.54, 1.807) is 23.2 Å². The third-order valence-electron chi connectivity index (χ3n) is 5.67. The normalized spacial score (nSPS) is 17.1. The summed E-state index contributed by atoms with van der Waals surface area (Å²) in [6.07, 6.45) is 4.86. The van der Waals surface area contributed by atoms with Gasteiger partial charge in [-0.25, -0.2) is 9.97 Å². The van der Waals surface area contributed by atoms with Gasteiger partial charge in [0.15, 0.2) is 0 Å². The van der Waals surface area contributed by atoms with E-state index in [-0.39, 0.29) is 22.9 Å². The van der Waals surface area contributed by atoms with E-state index in [4.69, 9.17) is 4.98 Å². The molecule has 1 aliphatic heterocycles. The van der Waals surface area contributed by atoms with Crippen molar-refractivity contribution in [2.45, 2.75) is 25.7 Å². The van der Waals surface area contributed by atoms with Gasteiger partial charge in [-0.15, -0.1) is 0 Å². The lowest BCUT2D eigenvalue weighted by atomic mass is 9.97. The first-order valence-electron chi connectivity index (χ1n) is 9.83. The third-order valence-corrected chi connectivity index (χ3v) is 5.67. The van der Waals surface area contributed by atoms with Crippen molar-refractivity contribution >= 4 is 22.6 Å². The molecule has 0 aliphatic carbocycles. The number of pyridine rings is 1. The van der Waals surface area contributed by atoms with Crippen molar-refractivity contribution in [1.29, 1.82) is 0 Å². The van der Waals surface area contributed by atoms with Crippen molar-refractivity contribution in [2.75, 3.05) is 13.1 Å². The summed E-state index contributed by atoms with van der Waals surface area (Å²) in [7, 11) is 0. The fourth-order valence-electron chi connectivity index (χ4n) is 4.12. The van der Waals surface area contributed by atoms with Crippen LogP contribution in [0.5, 0.6) is 0 Å². The first-order chi connectivity index (χ1) is 14.1. The van der Waals surface area contributed by atoms with Crippen LogP contribution in [0, 0.1) is 6.92 Å². The minimum absolute atomic E-state index is 0.106. The zero-order valence-corrected chi connectivity index (χ0v) is 16.1. The van der Waals surface area contributed by atoms with Crippen molar-refractivity contribution in [3.8, 4) is 0 Å². The number of amides is 1. The molecule has 0 radical (unpaired) electrons. The fraction of sp³-hybridized carbons (Fsp3) is 0.273. The number of aromatic amines is 1. The Morgan fingerprint density at radius 3 is 2.97 bits per heavy atom. The molecule has 0 bridgehead atoms. The number of carbonyl (C=O) groups excluding carboxylic acids is 1. The minimum Gasteiger partial charge on any atom is -0.342 e. The van der Waals surface area contributed by atoms with Gasteiger partial charge in [-0.05, 0) is 43.5 Å². The number of H-pyrrole nitrogens is 1. The van der Waals surface area contributed by atoms with Gasteiger partial charge >= 0.3 is 0 Å². The number of piperidine rings is 1. The van der Waals surface area contributed by atoms with Crippen LogP contribution in [0.25, 0.3) is 16.7 Å². The van der Waals surface area contributed by atoms with E-state index in [2.05, 4.69) is 9.97 Å². The van der Waals surface area contributed by atoms with Crippen molar-refractivity contribution < 1.29 is 4.79 Å². The molecule has 1 saturated heterocycles. The molecule has 4 heterocycles. The standard InChI is InChI=1S/C22H21N5O2/c1-14-6-4-8-17-19(14)25-20(24-17)15-7-5-10-26(13-15)21(28)16-12-23-18-9-2-3-11-27(18)22(16)29/h2-4,6,8-9,11-12,15H,5,7,10,13H2,1H3,(H,24,25)/t15-/m0/s1. The molecule has 1 N–H and O–H groups in total. The average molecular weight is 387 g/mol. The number of benzene rings is 1. The molecule has 0 unspecified atom stereocenters. The smallest absolute Gasteiger partial charge is 0.270 e. The molecule has 0 saturated carbocycles. The Morgan fingerprint density at radius 1 is 1.21 bits per heavy atom. The van der Waals surface area contributed by atoms with Gasteiger partial charge in [-0.2, -0.15) is 0 Å². The highest BCUT2D eigenvalue weighted by molar-refractivity contribution is 5.94. The lowest BCUT2D eigenvalue weighted by molar-refractivity contribution is 0.0702. The molecule has 1 aliphatic rings. The summed E-state index contributed by atoms with van der Waals surface area (Å²) in [5.41, 5.74) is 3.42. The second-order valence-corrected chi connectivity index (χ2v) is 7.59. The van der Waals surface area contributed by atoms with Crippen LogP contribution in [0.3, 0.4) is 0 Å². The SMILES string of the molecule is Cc1cccc2[nH]c([C@H]3CCCN(C(=O)c4cnc5ccccn5c4=O)C3)nc12. The van der Waals surface area contributed by atoms with Crippen molar-refractivity contribution in [3.05, 3.63) is 76.1 Å². The Kier molecular flexibility index (Phi) is 4.16. The molecule has 3 aromatic heterocycles. The van der Waals surface area contributed by atoms with Crippen molar-refractivity contribution in [1.82, 2.24) is 24.3 Å². The van der Waals surface area contributed by atoms with Crippen molar-refractivity contribution in [3.63, 3.8) is 0 Å². The highest BCUT2D eigenvalue weighted by atomic mass is 16.2. The number of rotatable bonds is 2. The number of hydrogen-bond acceptors (Lipinski definition) is 4. The Morgan fingerprint density at radius 2 is 2.10 bits per heavy atom. The monoisotopic (exact) mass is 387 g/mol. The van der Waals surface area contributed by atoms with Crippen LogP contribution in [0.1, 0.15) is 40.5 Å². The number of aryl methyl sites for hydroxylation is 1. The quantitative estimate of drug-likeness (QED) is 0.573. The van der Waals surface area contributed by atoms with Gasteiger partial charge in [0, 0.05) is 31.4 Å².